The number of nitrogens with one attached hydrogen (secondary N) is 1. The number of likely N-dealkylation sites (N-methyl/N-ethyl adjacent to an activating group) is 1. The van der Waals surface area contributed by atoms with E-state index in [0.717, 1.165) is 43.9 Å². The fraction of sp³-hybridized carbons (Fsp3) is 0.643. The number of likely N-dealkylation sites (tertiary alicyclic amines) is 1. The van der Waals surface area contributed by atoms with Crippen LogP contribution in [0.15, 0.2) is 12.3 Å². The smallest absolute Gasteiger partial charge is 0.270 e. The van der Waals surface area contributed by atoms with Crippen LogP contribution in [0, 0.1) is 6.92 Å². The number of carbonyl (C=O) groups is 1. The molecule has 0 bridgehead atoms. The van der Waals surface area contributed by atoms with E-state index in [-0.39, 0.29) is 12.0 Å². The number of H-pyrrole nitrogens is 1. The predicted molar refractivity (Wildman–Crippen MR) is 72.2 cm³/mol. The van der Waals surface area contributed by atoms with E-state index >= 15 is 0 Å². The molecule has 0 unspecified atom stereocenters. The lowest BCUT2D eigenvalue weighted by atomic mass is 9.99. The Hall–Kier alpha value is -1.33. The molecule has 2 aliphatic heterocycles. The number of aryl methyl sites for hydroxylation is 1. The highest BCUT2D eigenvalue weighted by molar-refractivity contribution is 5.94. The first-order chi connectivity index (χ1) is 9.16. The summed E-state index contributed by atoms with van der Waals surface area (Å²) in [5, 5.41) is 0. The number of morpholine rings is 1. The molecule has 0 saturated carbocycles. The van der Waals surface area contributed by atoms with E-state index in [1.807, 2.05) is 24.1 Å². The van der Waals surface area contributed by atoms with Crippen LogP contribution in [0.1, 0.15) is 22.5 Å². The number of piperidine rings is 1. The minimum Gasteiger partial charge on any atom is -0.375 e. The third-order valence-corrected chi connectivity index (χ3v) is 4.32. The Labute approximate surface area is 113 Å². The van der Waals surface area contributed by atoms with Crippen LogP contribution in [0.25, 0.3) is 0 Å². The maximum atomic E-state index is 12.5. The summed E-state index contributed by atoms with van der Waals surface area (Å²) in [6.07, 6.45) is 3.04. The lowest BCUT2D eigenvalue weighted by molar-refractivity contribution is -0.0894. The van der Waals surface area contributed by atoms with Gasteiger partial charge in [0.25, 0.3) is 5.91 Å². The zero-order chi connectivity index (χ0) is 13.4. The summed E-state index contributed by atoms with van der Waals surface area (Å²) < 4.78 is 5.81. The summed E-state index contributed by atoms with van der Waals surface area (Å²) in [5.74, 6) is 0.111. The summed E-state index contributed by atoms with van der Waals surface area (Å²) in [5.41, 5.74) is 1.73. The van der Waals surface area contributed by atoms with Crippen LogP contribution in [0.4, 0.5) is 0 Å². The molecule has 1 N–H and O–H groups in total. The molecule has 3 rings (SSSR count). The van der Waals surface area contributed by atoms with Crippen LogP contribution in [0.5, 0.6) is 0 Å². The molecule has 1 amide bonds. The molecule has 0 aromatic carbocycles. The number of aromatic nitrogens is 1. The molecule has 1 aromatic rings. The topological polar surface area (TPSA) is 48.6 Å². The third kappa shape index (κ3) is 2.28. The molecule has 3 heterocycles. The van der Waals surface area contributed by atoms with Crippen molar-refractivity contribution < 1.29 is 9.53 Å². The van der Waals surface area contributed by atoms with Crippen molar-refractivity contribution in [2.45, 2.75) is 25.5 Å². The zero-order valence-electron chi connectivity index (χ0n) is 11.6. The molecule has 2 fully saturated rings. The van der Waals surface area contributed by atoms with Crippen molar-refractivity contribution in [3.63, 3.8) is 0 Å². The van der Waals surface area contributed by atoms with E-state index in [9.17, 15) is 4.79 Å². The summed E-state index contributed by atoms with van der Waals surface area (Å²) in [6.45, 7) is 5.27. The van der Waals surface area contributed by atoms with Gasteiger partial charge in [-0.25, -0.2) is 0 Å². The van der Waals surface area contributed by atoms with E-state index < -0.39 is 0 Å². The van der Waals surface area contributed by atoms with Gasteiger partial charge in [0.05, 0.1) is 18.8 Å². The number of fused-ring (bicyclic) bond motifs is 1. The molecule has 104 valence electrons. The van der Waals surface area contributed by atoms with Gasteiger partial charge in [0.15, 0.2) is 0 Å². The van der Waals surface area contributed by atoms with Crippen molar-refractivity contribution in [2.24, 2.45) is 0 Å². The van der Waals surface area contributed by atoms with Gasteiger partial charge in [-0.1, -0.05) is 0 Å². The summed E-state index contributed by atoms with van der Waals surface area (Å²) in [7, 11) is 2.12. The minimum atomic E-state index is 0.111. The lowest BCUT2D eigenvalue weighted by Gasteiger charge is -2.45. The molecule has 5 heteroatoms. The van der Waals surface area contributed by atoms with E-state index in [1.165, 1.54) is 0 Å². The molecule has 0 aliphatic carbocycles. The standard InChI is InChI=1S/C14H21N3O2/c1-10-3-5-15-13(10)14(18)17-6-4-12-11(9-17)16(2)7-8-19-12/h3,5,11-12,15H,4,6-9H2,1-2H3/t11-,12-/m1/s1. The number of hydrogen-bond donors (Lipinski definition) is 1. The molecule has 2 atom stereocenters. The normalized spacial score (nSPS) is 28.2. The maximum Gasteiger partial charge on any atom is 0.270 e. The van der Waals surface area contributed by atoms with Crippen LogP contribution in [-0.4, -0.2) is 66.1 Å². The Morgan fingerprint density at radius 1 is 1.47 bits per heavy atom. The van der Waals surface area contributed by atoms with Crippen LogP contribution in [-0.2, 0) is 4.74 Å². The first-order valence-corrected chi connectivity index (χ1v) is 6.92. The Bertz CT molecular complexity index is 471. The number of hydrogen-bond acceptors (Lipinski definition) is 3. The Morgan fingerprint density at radius 2 is 2.32 bits per heavy atom. The largest absolute Gasteiger partial charge is 0.375 e. The third-order valence-electron chi connectivity index (χ3n) is 4.32. The average molecular weight is 263 g/mol. The monoisotopic (exact) mass is 263 g/mol. The number of rotatable bonds is 1. The number of ether oxygens (including phenoxy) is 1. The van der Waals surface area contributed by atoms with Gasteiger partial charge in [-0.05, 0) is 32.0 Å². The second-order valence-electron chi connectivity index (χ2n) is 5.53. The van der Waals surface area contributed by atoms with E-state index in [1.54, 1.807) is 0 Å². The first-order valence-electron chi connectivity index (χ1n) is 6.92. The van der Waals surface area contributed by atoms with Crippen LogP contribution >= 0.6 is 0 Å². The van der Waals surface area contributed by atoms with Gasteiger partial charge in [-0.3, -0.25) is 9.69 Å². The summed E-state index contributed by atoms with van der Waals surface area (Å²) in [4.78, 5) is 19.8. The highest BCUT2D eigenvalue weighted by Crippen LogP contribution is 2.23. The van der Waals surface area contributed by atoms with E-state index in [2.05, 4.69) is 16.9 Å². The first kappa shape index (κ1) is 12.7. The molecule has 0 spiro atoms. The highest BCUT2D eigenvalue weighted by Gasteiger charge is 2.37. The van der Waals surface area contributed by atoms with Gasteiger partial charge in [0.1, 0.15) is 5.69 Å². The second-order valence-corrected chi connectivity index (χ2v) is 5.53. The quantitative estimate of drug-likeness (QED) is 0.818. The van der Waals surface area contributed by atoms with Crippen LogP contribution < -0.4 is 0 Å². The fourth-order valence-corrected chi connectivity index (χ4v) is 3.06. The predicted octanol–water partition coefficient (Wildman–Crippen LogP) is 0.868. The van der Waals surface area contributed by atoms with Gasteiger partial charge in [-0.2, -0.15) is 0 Å². The molecular formula is C14H21N3O2. The van der Waals surface area contributed by atoms with Gasteiger partial charge in [0, 0.05) is 25.8 Å². The molecule has 19 heavy (non-hydrogen) atoms. The molecule has 2 saturated heterocycles. The summed E-state index contributed by atoms with van der Waals surface area (Å²) in [6, 6.07) is 2.28. The van der Waals surface area contributed by atoms with Crippen molar-refractivity contribution in [1.82, 2.24) is 14.8 Å². The van der Waals surface area contributed by atoms with Gasteiger partial charge in [-0.15, -0.1) is 0 Å². The molecule has 2 aliphatic rings. The van der Waals surface area contributed by atoms with E-state index in [0.29, 0.717) is 6.04 Å². The number of carbonyl (C=O) groups excluding carboxylic acids is 1. The van der Waals surface area contributed by atoms with Crippen molar-refractivity contribution in [3.05, 3.63) is 23.5 Å². The second kappa shape index (κ2) is 4.98. The molecule has 1 aromatic heterocycles. The number of aromatic amines is 1. The maximum absolute atomic E-state index is 12.5. The SMILES string of the molecule is Cc1cc[nH]c1C(=O)N1CC[C@H]2OCCN(C)[C@@H]2C1. The van der Waals surface area contributed by atoms with Gasteiger partial charge in [0.2, 0.25) is 0 Å². The number of nitrogens with zero attached hydrogens (tertiary/aromatic N) is 2. The van der Waals surface area contributed by atoms with Crippen molar-refractivity contribution in [2.75, 3.05) is 33.3 Å². The lowest BCUT2D eigenvalue weighted by Crippen LogP contribution is -2.59. The van der Waals surface area contributed by atoms with Gasteiger partial charge < -0.3 is 14.6 Å². The number of amides is 1. The van der Waals surface area contributed by atoms with Crippen LogP contribution in [0.3, 0.4) is 0 Å². The fourth-order valence-electron chi connectivity index (χ4n) is 3.06. The zero-order valence-corrected chi connectivity index (χ0v) is 11.6. The van der Waals surface area contributed by atoms with Crippen molar-refractivity contribution in [1.29, 1.82) is 0 Å². The molecular weight excluding hydrogens is 242 g/mol. The minimum absolute atomic E-state index is 0.111. The van der Waals surface area contributed by atoms with Crippen molar-refractivity contribution in [3.8, 4) is 0 Å². The molecule has 0 radical (unpaired) electrons. The van der Waals surface area contributed by atoms with Crippen molar-refractivity contribution >= 4 is 5.91 Å². The van der Waals surface area contributed by atoms with E-state index in [4.69, 9.17) is 4.74 Å². The highest BCUT2D eigenvalue weighted by atomic mass is 16.5. The van der Waals surface area contributed by atoms with Crippen LogP contribution in [0.2, 0.25) is 0 Å². The van der Waals surface area contributed by atoms with Gasteiger partial charge >= 0.3 is 0 Å². The average Bonchev–Trinajstić information content (AvgIpc) is 2.84. The Balaban J connectivity index is 1.73. The summed E-state index contributed by atoms with van der Waals surface area (Å²) >= 11 is 0. The Morgan fingerprint density at radius 3 is 3.05 bits per heavy atom. The molecule has 5 nitrogen and oxygen atoms in total. The Kier molecular flexibility index (Phi) is 3.33.